The topological polar surface area (TPSA) is 58.6 Å². The number of carbonyl (C=O) groups is 1. The number of hydrogen-bond acceptors (Lipinski definition) is 5. The van der Waals surface area contributed by atoms with Crippen molar-refractivity contribution in [3.8, 4) is 5.75 Å². The highest BCUT2D eigenvalue weighted by atomic mass is 16.5. The molecule has 1 N–H and O–H groups in total. The number of carbonyl (C=O) groups excluding carboxylic acids is 1. The Hall–Kier alpha value is -1.88. The van der Waals surface area contributed by atoms with Gasteiger partial charge in [-0.05, 0) is 12.1 Å². The smallest absolute Gasteiger partial charge is 0.308 e. The summed E-state index contributed by atoms with van der Waals surface area (Å²) in [6.07, 6.45) is 0. The zero-order valence-corrected chi connectivity index (χ0v) is 10.3. The molecule has 0 amide bonds. The fourth-order valence-electron chi connectivity index (χ4n) is 2.00. The molecule has 0 atom stereocenters. The van der Waals surface area contributed by atoms with Crippen molar-refractivity contribution in [3.63, 3.8) is 0 Å². The second kappa shape index (κ2) is 5.64. The Morgan fingerprint density at radius 3 is 2.61 bits per heavy atom. The number of esters is 1. The van der Waals surface area contributed by atoms with Crippen LogP contribution in [0.3, 0.4) is 0 Å². The van der Waals surface area contributed by atoms with E-state index < -0.39 is 5.97 Å². The number of ether oxygens (including phenoxy) is 1. The minimum absolute atomic E-state index is 0.127. The van der Waals surface area contributed by atoms with E-state index in [0.717, 1.165) is 26.2 Å². The first-order valence-electron chi connectivity index (χ1n) is 5.96. The number of hydrogen-bond donors (Lipinski definition) is 1. The first-order valence-corrected chi connectivity index (χ1v) is 5.96. The van der Waals surface area contributed by atoms with E-state index >= 15 is 0 Å². The Morgan fingerprint density at radius 2 is 1.94 bits per heavy atom. The standard InChI is InChI=1S/C13H16N2O3/c1-10(16)18-12-5-3-2-4-11(17)13(12)15-8-6-14-7-9-15/h2-5,14H,6-9H2,1H3. The molecule has 1 heterocycles. The van der Waals surface area contributed by atoms with Gasteiger partial charge in [0.1, 0.15) is 5.69 Å². The largest absolute Gasteiger partial charge is 0.424 e. The van der Waals surface area contributed by atoms with Gasteiger partial charge in [0.15, 0.2) is 5.75 Å². The Bertz CT molecular complexity index is 496. The molecule has 1 saturated heterocycles. The first kappa shape index (κ1) is 12.6. The van der Waals surface area contributed by atoms with E-state index in [9.17, 15) is 9.59 Å². The summed E-state index contributed by atoms with van der Waals surface area (Å²) < 4.78 is 5.14. The van der Waals surface area contributed by atoms with Crippen LogP contribution < -0.4 is 20.4 Å². The maximum atomic E-state index is 12.1. The first-order chi connectivity index (χ1) is 8.68. The van der Waals surface area contributed by atoms with Crippen LogP contribution >= 0.6 is 0 Å². The van der Waals surface area contributed by atoms with Gasteiger partial charge < -0.3 is 15.0 Å². The number of piperazine rings is 1. The minimum Gasteiger partial charge on any atom is -0.424 e. The summed E-state index contributed by atoms with van der Waals surface area (Å²) in [6.45, 7) is 4.43. The summed E-state index contributed by atoms with van der Waals surface area (Å²) in [5.74, 6) is -0.0867. The zero-order chi connectivity index (χ0) is 13.0. The Kier molecular flexibility index (Phi) is 3.94. The molecule has 96 valence electrons. The van der Waals surface area contributed by atoms with E-state index in [1.807, 2.05) is 4.90 Å². The summed E-state index contributed by atoms with van der Waals surface area (Å²) in [6, 6.07) is 6.50. The van der Waals surface area contributed by atoms with Crippen LogP contribution in [-0.2, 0) is 4.79 Å². The SMILES string of the molecule is CC(=O)Oc1ccccc(=O)c1N1CCNCC1. The van der Waals surface area contributed by atoms with Crippen LogP contribution in [0.4, 0.5) is 5.69 Å². The highest BCUT2D eigenvalue weighted by molar-refractivity contribution is 5.72. The van der Waals surface area contributed by atoms with E-state index in [1.165, 1.54) is 13.0 Å². The number of nitrogens with zero attached hydrogens (tertiary/aromatic N) is 1. The average Bonchev–Trinajstić information content (AvgIpc) is 2.51. The van der Waals surface area contributed by atoms with Crippen molar-refractivity contribution in [2.45, 2.75) is 6.92 Å². The lowest BCUT2D eigenvalue weighted by Crippen LogP contribution is -2.45. The number of rotatable bonds is 2. The molecule has 0 spiro atoms. The molecule has 1 fully saturated rings. The molecule has 0 aliphatic carbocycles. The third-order valence-electron chi connectivity index (χ3n) is 2.76. The molecule has 0 bridgehead atoms. The molecule has 1 aliphatic heterocycles. The fourth-order valence-corrected chi connectivity index (χ4v) is 2.00. The van der Waals surface area contributed by atoms with E-state index in [-0.39, 0.29) is 5.43 Å². The number of anilines is 1. The summed E-state index contributed by atoms with van der Waals surface area (Å²) in [5, 5.41) is 3.22. The normalized spacial score (nSPS) is 15.3. The summed E-state index contributed by atoms with van der Waals surface area (Å²) >= 11 is 0. The van der Waals surface area contributed by atoms with Crippen LogP contribution in [0.25, 0.3) is 0 Å². The van der Waals surface area contributed by atoms with E-state index in [0.29, 0.717) is 11.4 Å². The average molecular weight is 248 g/mol. The van der Waals surface area contributed by atoms with Crippen molar-refractivity contribution in [3.05, 3.63) is 34.5 Å². The molecule has 0 radical (unpaired) electrons. The van der Waals surface area contributed by atoms with Gasteiger partial charge in [-0.15, -0.1) is 0 Å². The lowest BCUT2D eigenvalue weighted by molar-refractivity contribution is -0.131. The van der Waals surface area contributed by atoms with Crippen molar-refractivity contribution in [2.75, 3.05) is 31.1 Å². The summed E-state index contributed by atoms with van der Waals surface area (Å²) in [5.41, 5.74) is 0.342. The van der Waals surface area contributed by atoms with E-state index in [4.69, 9.17) is 4.74 Å². The highest BCUT2D eigenvalue weighted by Gasteiger charge is 2.18. The fraction of sp³-hybridized carbons (Fsp3) is 0.385. The highest BCUT2D eigenvalue weighted by Crippen LogP contribution is 2.23. The third-order valence-corrected chi connectivity index (χ3v) is 2.76. The van der Waals surface area contributed by atoms with Crippen molar-refractivity contribution in [1.82, 2.24) is 5.32 Å². The lowest BCUT2D eigenvalue weighted by Gasteiger charge is -2.29. The van der Waals surface area contributed by atoms with E-state index in [1.54, 1.807) is 18.2 Å². The second-order valence-corrected chi connectivity index (χ2v) is 4.13. The predicted molar refractivity (Wildman–Crippen MR) is 69.1 cm³/mol. The lowest BCUT2D eigenvalue weighted by atomic mass is 10.3. The molecule has 0 saturated carbocycles. The quantitative estimate of drug-likeness (QED) is 0.767. The van der Waals surface area contributed by atoms with Gasteiger partial charge in [-0.2, -0.15) is 0 Å². The third kappa shape index (κ3) is 2.87. The van der Waals surface area contributed by atoms with Crippen LogP contribution in [0.15, 0.2) is 29.1 Å². The van der Waals surface area contributed by atoms with Crippen LogP contribution in [0.5, 0.6) is 5.75 Å². The molecule has 0 aromatic heterocycles. The van der Waals surface area contributed by atoms with Crippen LogP contribution in [0.2, 0.25) is 0 Å². The Balaban J connectivity index is 2.45. The maximum absolute atomic E-state index is 12.1. The van der Waals surface area contributed by atoms with Crippen molar-refractivity contribution < 1.29 is 9.53 Å². The van der Waals surface area contributed by atoms with Gasteiger partial charge in [-0.25, -0.2) is 0 Å². The van der Waals surface area contributed by atoms with Crippen LogP contribution in [0.1, 0.15) is 6.92 Å². The second-order valence-electron chi connectivity index (χ2n) is 4.13. The molecular formula is C13H16N2O3. The molecule has 18 heavy (non-hydrogen) atoms. The molecular weight excluding hydrogens is 232 g/mol. The molecule has 1 aromatic rings. The molecule has 5 heteroatoms. The van der Waals surface area contributed by atoms with Gasteiger partial charge in [0, 0.05) is 33.1 Å². The summed E-state index contributed by atoms with van der Waals surface area (Å²) in [7, 11) is 0. The maximum Gasteiger partial charge on any atom is 0.308 e. The Labute approximate surface area is 105 Å². The van der Waals surface area contributed by atoms with Crippen molar-refractivity contribution in [2.24, 2.45) is 0 Å². The van der Waals surface area contributed by atoms with Gasteiger partial charge in [0.2, 0.25) is 5.43 Å². The van der Waals surface area contributed by atoms with Gasteiger partial charge in [-0.3, -0.25) is 9.59 Å². The summed E-state index contributed by atoms with van der Waals surface area (Å²) in [4.78, 5) is 25.1. The molecule has 1 aromatic carbocycles. The predicted octanol–water partition coefficient (Wildman–Crippen LogP) is 0.382. The van der Waals surface area contributed by atoms with Crippen molar-refractivity contribution in [1.29, 1.82) is 0 Å². The Morgan fingerprint density at radius 1 is 1.28 bits per heavy atom. The van der Waals surface area contributed by atoms with Crippen LogP contribution in [-0.4, -0.2) is 32.1 Å². The molecule has 0 unspecified atom stereocenters. The minimum atomic E-state index is -0.419. The van der Waals surface area contributed by atoms with Gasteiger partial charge in [0.25, 0.3) is 0 Å². The van der Waals surface area contributed by atoms with Crippen LogP contribution in [0, 0.1) is 0 Å². The van der Waals surface area contributed by atoms with Gasteiger partial charge in [0.05, 0.1) is 0 Å². The monoisotopic (exact) mass is 248 g/mol. The van der Waals surface area contributed by atoms with E-state index in [2.05, 4.69) is 5.32 Å². The molecule has 5 nitrogen and oxygen atoms in total. The van der Waals surface area contributed by atoms with Gasteiger partial charge in [-0.1, -0.05) is 12.1 Å². The number of nitrogens with one attached hydrogen (secondary N) is 1. The van der Waals surface area contributed by atoms with Gasteiger partial charge >= 0.3 is 5.97 Å². The molecule has 2 rings (SSSR count). The van der Waals surface area contributed by atoms with Crippen molar-refractivity contribution >= 4 is 11.7 Å². The molecule has 1 aliphatic rings. The zero-order valence-electron chi connectivity index (χ0n) is 10.3.